The maximum atomic E-state index is 12.8. The van der Waals surface area contributed by atoms with Gasteiger partial charge in [0.2, 0.25) is 0 Å². The van der Waals surface area contributed by atoms with Gasteiger partial charge in [-0.15, -0.1) is 0 Å². The molecule has 34 heavy (non-hydrogen) atoms. The number of carbonyl (C=O) groups is 1. The van der Waals surface area contributed by atoms with Gasteiger partial charge in [0.25, 0.3) is 0 Å². The van der Waals surface area contributed by atoms with E-state index in [1.54, 1.807) is 7.11 Å². The number of hydrogen-bond donors (Lipinski definition) is 0. The number of methoxy groups -OCH3 is 1. The number of allylic oxidation sites excluding steroid dienone is 2. The first-order valence-electron chi connectivity index (χ1n) is 12.0. The number of hydrogen-bond acceptors (Lipinski definition) is 7. The second-order valence-corrected chi connectivity index (χ2v) is 17.5. The van der Waals surface area contributed by atoms with E-state index in [0.29, 0.717) is 50.1 Å². The van der Waals surface area contributed by atoms with Crippen LogP contribution < -0.4 is 9.47 Å². The Balaban J connectivity index is 2.35. The van der Waals surface area contributed by atoms with Crippen LogP contribution in [0, 0.1) is 6.92 Å². The number of esters is 1. The van der Waals surface area contributed by atoms with Gasteiger partial charge >= 0.3 is 13.6 Å². The van der Waals surface area contributed by atoms with Crippen molar-refractivity contribution < 1.29 is 32.6 Å². The molecule has 1 heterocycles. The van der Waals surface area contributed by atoms with Crippen molar-refractivity contribution in [2.24, 2.45) is 0 Å². The van der Waals surface area contributed by atoms with E-state index >= 15 is 0 Å². The Morgan fingerprint density at radius 1 is 1.15 bits per heavy atom. The van der Waals surface area contributed by atoms with Crippen LogP contribution in [0.4, 0.5) is 0 Å². The van der Waals surface area contributed by atoms with Crippen LogP contribution in [0.1, 0.15) is 54.2 Å². The SMILES string of the molecule is CCOP(=O)(CCC(C)=CCc1c(OC)c(C)c2c(c1OCC[Si](C)(C)C)C(=O)OC2)OCC. The highest BCUT2D eigenvalue weighted by atomic mass is 31.2. The third-order valence-electron chi connectivity index (χ3n) is 5.81. The second-order valence-electron chi connectivity index (χ2n) is 9.73. The van der Waals surface area contributed by atoms with Gasteiger partial charge in [0.05, 0.1) is 33.1 Å². The van der Waals surface area contributed by atoms with E-state index in [-0.39, 0.29) is 12.6 Å². The minimum atomic E-state index is -3.10. The Hall–Kier alpha value is -1.60. The third-order valence-corrected chi connectivity index (χ3v) is 9.59. The van der Waals surface area contributed by atoms with Crippen molar-refractivity contribution >= 4 is 21.6 Å². The number of ether oxygens (including phenoxy) is 3. The van der Waals surface area contributed by atoms with Gasteiger partial charge in [0.1, 0.15) is 23.7 Å². The summed E-state index contributed by atoms with van der Waals surface area (Å²) in [7, 11) is -2.78. The first-order valence-corrected chi connectivity index (χ1v) is 17.5. The van der Waals surface area contributed by atoms with Crippen molar-refractivity contribution in [1.82, 2.24) is 0 Å². The molecule has 0 aliphatic carbocycles. The fourth-order valence-electron chi connectivity index (χ4n) is 3.88. The lowest BCUT2D eigenvalue weighted by atomic mass is 9.94. The molecule has 7 nitrogen and oxygen atoms in total. The summed E-state index contributed by atoms with van der Waals surface area (Å²) in [4.78, 5) is 12.6. The van der Waals surface area contributed by atoms with Crippen molar-refractivity contribution in [1.29, 1.82) is 0 Å². The summed E-state index contributed by atoms with van der Waals surface area (Å²) in [6.45, 7) is 15.9. The van der Waals surface area contributed by atoms with E-state index in [1.165, 1.54) is 0 Å². The quantitative estimate of drug-likeness (QED) is 0.121. The summed E-state index contributed by atoms with van der Waals surface area (Å²) < 4.78 is 41.0. The predicted molar refractivity (Wildman–Crippen MR) is 138 cm³/mol. The van der Waals surface area contributed by atoms with Crippen molar-refractivity contribution in [2.45, 2.75) is 72.8 Å². The van der Waals surface area contributed by atoms with E-state index in [9.17, 15) is 9.36 Å². The monoisotopic (exact) mass is 512 g/mol. The Labute approximate surface area is 205 Å². The molecule has 0 radical (unpaired) electrons. The molecule has 192 valence electrons. The zero-order chi connectivity index (χ0) is 25.5. The smallest absolute Gasteiger partial charge is 0.342 e. The molecule has 0 aromatic heterocycles. The number of benzene rings is 1. The summed E-state index contributed by atoms with van der Waals surface area (Å²) in [6, 6.07) is 0.978. The molecule has 0 saturated heterocycles. The predicted octanol–water partition coefficient (Wildman–Crippen LogP) is 6.54. The van der Waals surface area contributed by atoms with Gasteiger partial charge < -0.3 is 23.3 Å². The summed E-state index contributed by atoms with van der Waals surface area (Å²) in [6.07, 6.45) is 3.49. The molecule has 1 aliphatic heterocycles. The van der Waals surface area contributed by atoms with Gasteiger partial charge in [0, 0.05) is 19.2 Å². The maximum absolute atomic E-state index is 12.8. The van der Waals surface area contributed by atoms with Crippen LogP contribution >= 0.6 is 7.60 Å². The highest BCUT2D eigenvalue weighted by Crippen LogP contribution is 2.49. The Kier molecular flexibility index (Phi) is 10.4. The first kappa shape index (κ1) is 28.6. The van der Waals surface area contributed by atoms with Crippen LogP contribution in [0.25, 0.3) is 0 Å². The van der Waals surface area contributed by atoms with Crippen LogP contribution in [-0.2, 0) is 31.4 Å². The standard InChI is InChI=1S/C25H41O7PSi/c1-9-31-33(27,32-10-2)15-13-18(3)11-12-20-23(28-5)19(4)21-17-30-25(26)22(21)24(20)29-14-16-34(6,7)8/h11H,9-10,12-17H2,1-8H3. The largest absolute Gasteiger partial charge is 0.496 e. The summed E-state index contributed by atoms with van der Waals surface area (Å²) in [5, 5.41) is 0. The van der Waals surface area contributed by atoms with Crippen molar-refractivity contribution in [3.63, 3.8) is 0 Å². The van der Waals surface area contributed by atoms with Crippen LogP contribution in [0.2, 0.25) is 25.7 Å². The minimum absolute atomic E-state index is 0.236. The lowest BCUT2D eigenvalue weighted by molar-refractivity contribution is 0.0532. The second kappa shape index (κ2) is 12.4. The van der Waals surface area contributed by atoms with Gasteiger partial charge in [-0.1, -0.05) is 31.3 Å². The molecule has 2 rings (SSSR count). The number of cyclic esters (lactones) is 1. The van der Waals surface area contributed by atoms with Gasteiger partial charge in [-0.05, 0) is 52.1 Å². The van der Waals surface area contributed by atoms with E-state index in [0.717, 1.165) is 34.1 Å². The molecule has 1 aromatic rings. The molecule has 0 bridgehead atoms. The fraction of sp³-hybridized carbons (Fsp3) is 0.640. The lowest BCUT2D eigenvalue weighted by Crippen LogP contribution is -2.23. The summed E-state index contributed by atoms with van der Waals surface area (Å²) in [5.41, 5.74) is 4.15. The van der Waals surface area contributed by atoms with Crippen LogP contribution in [0.5, 0.6) is 11.5 Å². The van der Waals surface area contributed by atoms with Gasteiger partial charge in [0.15, 0.2) is 0 Å². The zero-order valence-corrected chi connectivity index (χ0v) is 23.9. The van der Waals surface area contributed by atoms with E-state index in [1.807, 2.05) is 27.7 Å². The molecule has 0 N–H and O–H groups in total. The molecule has 9 heteroatoms. The van der Waals surface area contributed by atoms with Crippen molar-refractivity contribution in [3.05, 3.63) is 33.9 Å². The van der Waals surface area contributed by atoms with Gasteiger partial charge in [-0.25, -0.2) is 4.79 Å². The molecular formula is C25H41O7PSi. The first-order chi connectivity index (χ1) is 16.0. The molecule has 0 atom stereocenters. The highest BCUT2D eigenvalue weighted by Gasteiger charge is 2.33. The normalized spacial score (nSPS) is 14.2. The molecule has 0 fully saturated rings. The number of rotatable bonds is 14. The molecule has 0 unspecified atom stereocenters. The molecular weight excluding hydrogens is 471 g/mol. The van der Waals surface area contributed by atoms with Gasteiger partial charge in [-0.2, -0.15) is 0 Å². The van der Waals surface area contributed by atoms with E-state index in [2.05, 4.69) is 25.7 Å². The summed E-state index contributed by atoms with van der Waals surface area (Å²) in [5.74, 6) is 0.940. The van der Waals surface area contributed by atoms with Crippen molar-refractivity contribution in [3.8, 4) is 11.5 Å². The van der Waals surface area contributed by atoms with Gasteiger partial charge in [-0.3, -0.25) is 4.57 Å². The van der Waals surface area contributed by atoms with Crippen LogP contribution in [-0.4, -0.2) is 47.1 Å². The summed E-state index contributed by atoms with van der Waals surface area (Å²) >= 11 is 0. The molecule has 0 spiro atoms. The van der Waals surface area contributed by atoms with Crippen LogP contribution in [0.15, 0.2) is 11.6 Å². The zero-order valence-electron chi connectivity index (χ0n) is 22.0. The topological polar surface area (TPSA) is 80.3 Å². The minimum Gasteiger partial charge on any atom is -0.496 e. The molecule has 1 aliphatic rings. The number of carbonyl (C=O) groups excluding carboxylic acids is 1. The van der Waals surface area contributed by atoms with Crippen LogP contribution in [0.3, 0.4) is 0 Å². The molecule has 0 amide bonds. The Morgan fingerprint density at radius 3 is 2.35 bits per heavy atom. The highest BCUT2D eigenvalue weighted by molar-refractivity contribution is 7.53. The number of fused-ring (bicyclic) bond motifs is 1. The Morgan fingerprint density at radius 2 is 1.79 bits per heavy atom. The average molecular weight is 513 g/mol. The third kappa shape index (κ3) is 7.45. The van der Waals surface area contributed by atoms with Crippen molar-refractivity contribution in [2.75, 3.05) is 33.1 Å². The van der Waals surface area contributed by atoms with E-state index < -0.39 is 15.7 Å². The lowest BCUT2D eigenvalue weighted by Gasteiger charge is -2.21. The molecule has 0 saturated carbocycles. The fourth-order valence-corrected chi connectivity index (χ4v) is 6.34. The Bertz CT molecular complexity index is 940. The molecule has 1 aromatic carbocycles. The van der Waals surface area contributed by atoms with E-state index in [4.69, 9.17) is 23.3 Å². The average Bonchev–Trinajstić information content (AvgIpc) is 3.14. The maximum Gasteiger partial charge on any atom is 0.342 e.